The number of amides is 2. The van der Waals surface area contributed by atoms with Crippen LogP contribution in [0.3, 0.4) is 0 Å². The summed E-state index contributed by atoms with van der Waals surface area (Å²) in [6.45, 7) is 0. The lowest BCUT2D eigenvalue weighted by molar-refractivity contribution is -0.384. The molecule has 0 radical (unpaired) electrons. The molecule has 0 saturated carbocycles. The maximum atomic E-state index is 11.9. The summed E-state index contributed by atoms with van der Waals surface area (Å²) in [4.78, 5) is 33.6. The molecule has 2 N–H and O–H groups in total. The van der Waals surface area contributed by atoms with E-state index in [4.69, 9.17) is 11.6 Å². The van der Waals surface area contributed by atoms with Crippen LogP contribution in [-0.4, -0.2) is 16.7 Å². The van der Waals surface area contributed by atoms with Crippen LogP contribution in [0.4, 0.5) is 5.69 Å². The third-order valence-electron chi connectivity index (χ3n) is 2.94. The zero-order valence-electron chi connectivity index (χ0n) is 12.2. The molecule has 0 atom stereocenters. The minimum absolute atomic E-state index is 0.0552. The average Bonchev–Trinajstić information content (AvgIpc) is 2.59. The Hall–Kier alpha value is -3.19. The van der Waals surface area contributed by atoms with Crippen molar-refractivity contribution < 1.29 is 14.5 Å². The molecule has 2 rings (SSSR count). The van der Waals surface area contributed by atoms with Crippen LogP contribution in [0.2, 0.25) is 5.02 Å². The van der Waals surface area contributed by atoms with E-state index in [9.17, 15) is 19.7 Å². The summed E-state index contributed by atoms with van der Waals surface area (Å²) in [5.41, 5.74) is 4.84. The number of rotatable bonds is 4. The van der Waals surface area contributed by atoms with Crippen molar-refractivity contribution in [3.8, 4) is 0 Å². The molecule has 0 fully saturated rings. The van der Waals surface area contributed by atoms with E-state index in [-0.39, 0.29) is 11.3 Å². The highest BCUT2D eigenvalue weighted by molar-refractivity contribution is 6.32. The van der Waals surface area contributed by atoms with Crippen LogP contribution in [0.15, 0.2) is 54.6 Å². The predicted octanol–water partition coefficient (Wildman–Crippen LogP) is 2.72. The lowest BCUT2D eigenvalue weighted by Gasteiger charge is -2.05. The van der Waals surface area contributed by atoms with Gasteiger partial charge in [-0.05, 0) is 23.8 Å². The fraction of sp³-hybridized carbons (Fsp3) is 0. The molecule has 0 bridgehead atoms. The Morgan fingerprint density at radius 2 is 1.83 bits per heavy atom. The lowest BCUT2D eigenvalue weighted by atomic mass is 10.2. The van der Waals surface area contributed by atoms with E-state index in [1.54, 1.807) is 24.3 Å². The zero-order chi connectivity index (χ0) is 17.5. The number of carbonyl (C=O) groups is 2. The minimum Gasteiger partial charge on any atom is -0.268 e. The Labute approximate surface area is 142 Å². The van der Waals surface area contributed by atoms with Gasteiger partial charge < -0.3 is 0 Å². The normalized spacial score (nSPS) is 10.4. The molecule has 0 aliphatic heterocycles. The van der Waals surface area contributed by atoms with Crippen molar-refractivity contribution in [1.29, 1.82) is 0 Å². The highest BCUT2D eigenvalue weighted by Crippen LogP contribution is 2.16. The lowest BCUT2D eigenvalue weighted by Crippen LogP contribution is -2.40. The van der Waals surface area contributed by atoms with Gasteiger partial charge in [-0.2, -0.15) is 0 Å². The number of nitrogens with one attached hydrogen (secondary N) is 2. The molecule has 0 aliphatic rings. The Kier molecular flexibility index (Phi) is 5.64. The number of hydrazine groups is 1. The van der Waals surface area contributed by atoms with Gasteiger partial charge in [-0.25, -0.2) is 0 Å². The molecule has 24 heavy (non-hydrogen) atoms. The summed E-state index contributed by atoms with van der Waals surface area (Å²) < 4.78 is 0. The third kappa shape index (κ3) is 4.65. The summed E-state index contributed by atoms with van der Waals surface area (Å²) in [5, 5.41) is 11.2. The molecule has 7 nitrogen and oxygen atoms in total. The Bertz CT molecular complexity index is 820. The molecule has 2 amide bonds. The van der Waals surface area contributed by atoms with E-state index < -0.39 is 16.7 Å². The van der Waals surface area contributed by atoms with Gasteiger partial charge in [0.15, 0.2) is 0 Å². The van der Waals surface area contributed by atoms with Crippen molar-refractivity contribution in [2.75, 3.05) is 0 Å². The molecule has 2 aromatic rings. The van der Waals surface area contributed by atoms with Crippen molar-refractivity contribution in [1.82, 2.24) is 10.9 Å². The molecular formula is C16H12ClN3O4. The molecule has 0 spiro atoms. The Morgan fingerprint density at radius 3 is 2.54 bits per heavy atom. The zero-order valence-corrected chi connectivity index (χ0v) is 13.0. The second-order valence-electron chi connectivity index (χ2n) is 4.61. The van der Waals surface area contributed by atoms with Crippen LogP contribution in [0.25, 0.3) is 6.08 Å². The van der Waals surface area contributed by atoms with Gasteiger partial charge in [-0.3, -0.25) is 30.6 Å². The number of non-ortho nitro benzene ring substituents is 1. The van der Waals surface area contributed by atoms with Crippen LogP contribution in [0, 0.1) is 10.1 Å². The average molecular weight is 346 g/mol. The number of nitro groups is 1. The molecule has 0 heterocycles. The van der Waals surface area contributed by atoms with E-state index in [1.807, 2.05) is 0 Å². The summed E-state index contributed by atoms with van der Waals surface area (Å²) in [6.07, 6.45) is 2.70. The van der Waals surface area contributed by atoms with E-state index in [1.165, 1.54) is 30.4 Å². The quantitative estimate of drug-likeness (QED) is 0.505. The number of halogens is 1. The van der Waals surface area contributed by atoms with E-state index in [2.05, 4.69) is 10.9 Å². The van der Waals surface area contributed by atoms with Crippen molar-refractivity contribution in [3.05, 3.63) is 80.9 Å². The largest absolute Gasteiger partial charge is 0.270 e. The molecule has 8 heteroatoms. The summed E-state index contributed by atoms with van der Waals surface area (Å²) in [5.74, 6) is -1.24. The molecular weight excluding hydrogens is 334 g/mol. The number of hydrogen-bond acceptors (Lipinski definition) is 4. The first-order valence-electron chi connectivity index (χ1n) is 6.75. The smallest absolute Gasteiger partial charge is 0.268 e. The fourth-order valence-corrected chi connectivity index (χ4v) is 1.97. The van der Waals surface area contributed by atoms with Gasteiger partial charge in [0.25, 0.3) is 17.5 Å². The van der Waals surface area contributed by atoms with Gasteiger partial charge in [0.1, 0.15) is 0 Å². The van der Waals surface area contributed by atoms with Gasteiger partial charge >= 0.3 is 0 Å². The summed E-state index contributed by atoms with van der Waals surface area (Å²) >= 11 is 5.95. The van der Waals surface area contributed by atoms with Crippen LogP contribution >= 0.6 is 11.6 Å². The molecule has 0 aliphatic carbocycles. The highest BCUT2D eigenvalue weighted by atomic mass is 35.5. The van der Waals surface area contributed by atoms with Gasteiger partial charge in [-0.15, -0.1) is 0 Å². The SMILES string of the molecule is O=C(C=Cc1ccccc1Cl)NNC(=O)c1cccc([N+](=O)[O-])c1. The first-order valence-corrected chi connectivity index (χ1v) is 7.12. The van der Waals surface area contributed by atoms with Crippen LogP contribution in [0.1, 0.15) is 15.9 Å². The van der Waals surface area contributed by atoms with E-state index in [0.29, 0.717) is 10.6 Å². The molecule has 2 aromatic carbocycles. The van der Waals surface area contributed by atoms with Gasteiger partial charge in [-0.1, -0.05) is 35.9 Å². The predicted molar refractivity (Wildman–Crippen MR) is 89.2 cm³/mol. The number of hydrogen-bond donors (Lipinski definition) is 2. The van der Waals surface area contributed by atoms with Gasteiger partial charge in [0.05, 0.1) is 4.92 Å². The first-order chi connectivity index (χ1) is 11.5. The van der Waals surface area contributed by atoms with Crippen LogP contribution in [0.5, 0.6) is 0 Å². The minimum atomic E-state index is -0.668. The maximum absolute atomic E-state index is 11.9. The second-order valence-corrected chi connectivity index (χ2v) is 5.01. The van der Waals surface area contributed by atoms with Crippen molar-refractivity contribution in [3.63, 3.8) is 0 Å². The second kappa shape index (κ2) is 7.89. The number of benzene rings is 2. The Balaban J connectivity index is 1.94. The Morgan fingerprint density at radius 1 is 1.08 bits per heavy atom. The third-order valence-corrected chi connectivity index (χ3v) is 3.28. The molecule has 122 valence electrons. The van der Waals surface area contributed by atoms with Crippen molar-refractivity contribution in [2.24, 2.45) is 0 Å². The topological polar surface area (TPSA) is 101 Å². The summed E-state index contributed by atoms with van der Waals surface area (Å²) in [7, 11) is 0. The van der Waals surface area contributed by atoms with Crippen molar-refractivity contribution in [2.45, 2.75) is 0 Å². The number of nitro benzene ring substituents is 1. The standard InChI is InChI=1S/C16H12ClN3O4/c17-14-7-2-1-4-11(14)8-9-15(21)18-19-16(22)12-5-3-6-13(10-12)20(23)24/h1-10H,(H,18,21)(H,19,22). The van der Waals surface area contributed by atoms with E-state index in [0.717, 1.165) is 6.07 Å². The molecule has 0 aromatic heterocycles. The van der Waals surface area contributed by atoms with Crippen molar-refractivity contribution >= 4 is 35.2 Å². The fourth-order valence-electron chi connectivity index (χ4n) is 1.77. The van der Waals surface area contributed by atoms with Crippen LogP contribution in [-0.2, 0) is 4.79 Å². The molecule has 0 unspecified atom stereocenters. The van der Waals surface area contributed by atoms with Gasteiger partial charge in [0, 0.05) is 28.8 Å². The monoisotopic (exact) mass is 345 g/mol. The number of carbonyl (C=O) groups excluding carboxylic acids is 2. The highest BCUT2D eigenvalue weighted by Gasteiger charge is 2.11. The molecule has 0 saturated heterocycles. The first kappa shape index (κ1) is 17.2. The summed E-state index contributed by atoms with van der Waals surface area (Å²) in [6, 6.07) is 12.1. The van der Waals surface area contributed by atoms with E-state index >= 15 is 0 Å². The maximum Gasteiger partial charge on any atom is 0.270 e. The van der Waals surface area contributed by atoms with Crippen LogP contribution < -0.4 is 10.9 Å². The number of nitrogens with zero attached hydrogens (tertiary/aromatic N) is 1. The van der Waals surface area contributed by atoms with Gasteiger partial charge in [0.2, 0.25) is 0 Å².